The fourth-order valence-electron chi connectivity index (χ4n) is 3.05. The Kier molecular flexibility index (Phi) is 5.08. The summed E-state index contributed by atoms with van der Waals surface area (Å²) in [6, 6.07) is 6.82. The van der Waals surface area contributed by atoms with Gasteiger partial charge in [0, 0.05) is 10.9 Å². The molecule has 1 atom stereocenters. The lowest BCUT2D eigenvalue weighted by Crippen LogP contribution is -2.32. The number of carbonyl (C=O) groups excluding carboxylic acids is 1. The topological polar surface area (TPSA) is 70.4 Å². The highest BCUT2D eigenvalue weighted by Gasteiger charge is 2.25. The first-order valence-corrected chi connectivity index (χ1v) is 9.12. The number of ether oxygens (including phenoxy) is 2. The van der Waals surface area contributed by atoms with Gasteiger partial charge in [-0.2, -0.15) is 0 Å². The van der Waals surface area contributed by atoms with E-state index in [9.17, 15) is 9.59 Å². The van der Waals surface area contributed by atoms with Crippen LogP contribution in [0.1, 0.15) is 25.2 Å². The zero-order valence-corrected chi connectivity index (χ0v) is 15.9. The maximum absolute atomic E-state index is 13.2. The van der Waals surface area contributed by atoms with Crippen LogP contribution in [-0.4, -0.2) is 29.7 Å². The van der Waals surface area contributed by atoms with E-state index in [2.05, 4.69) is 4.98 Å². The van der Waals surface area contributed by atoms with E-state index < -0.39 is 12.0 Å². The Morgan fingerprint density at radius 1 is 1.27 bits per heavy atom. The van der Waals surface area contributed by atoms with Crippen LogP contribution in [0.4, 0.5) is 0 Å². The fourth-order valence-corrected chi connectivity index (χ4v) is 4.03. The van der Waals surface area contributed by atoms with Crippen LogP contribution in [0.3, 0.4) is 0 Å². The lowest BCUT2D eigenvalue weighted by atomic mass is 10.1. The standard InChI is InChI=1S/C19H20N2O4S/c1-5-15(19(23)25-4)21-11(2)20-17-16(18(21)22)14(10-26-17)12-6-8-13(24-3)9-7-12/h6-10,15H,5H2,1-4H3. The molecule has 1 aromatic carbocycles. The molecule has 0 saturated carbocycles. The predicted octanol–water partition coefficient (Wildman–Crippen LogP) is 3.57. The van der Waals surface area contributed by atoms with Gasteiger partial charge in [-0.05, 0) is 31.0 Å². The molecule has 136 valence electrons. The van der Waals surface area contributed by atoms with E-state index >= 15 is 0 Å². The van der Waals surface area contributed by atoms with Gasteiger partial charge in [0.05, 0.1) is 19.6 Å². The molecular weight excluding hydrogens is 352 g/mol. The second-order valence-corrected chi connectivity index (χ2v) is 6.70. The van der Waals surface area contributed by atoms with Crippen LogP contribution in [0, 0.1) is 6.92 Å². The lowest BCUT2D eigenvalue weighted by molar-refractivity contribution is -0.144. The Morgan fingerprint density at radius 3 is 2.54 bits per heavy atom. The van der Waals surface area contributed by atoms with Crippen molar-refractivity contribution in [2.75, 3.05) is 14.2 Å². The summed E-state index contributed by atoms with van der Waals surface area (Å²) < 4.78 is 11.5. The highest BCUT2D eigenvalue weighted by molar-refractivity contribution is 7.17. The summed E-state index contributed by atoms with van der Waals surface area (Å²) in [6.07, 6.45) is 0.447. The number of hydrogen-bond acceptors (Lipinski definition) is 6. The second kappa shape index (κ2) is 7.29. The molecule has 0 amide bonds. The van der Waals surface area contributed by atoms with Crippen molar-refractivity contribution < 1.29 is 14.3 Å². The number of methoxy groups -OCH3 is 2. The largest absolute Gasteiger partial charge is 0.497 e. The molecule has 0 spiro atoms. The van der Waals surface area contributed by atoms with Crippen LogP contribution in [0.5, 0.6) is 5.75 Å². The van der Waals surface area contributed by atoms with Gasteiger partial charge in [-0.3, -0.25) is 9.36 Å². The molecule has 3 aromatic rings. The van der Waals surface area contributed by atoms with Crippen molar-refractivity contribution >= 4 is 27.5 Å². The summed E-state index contributed by atoms with van der Waals surface area (Å²) >= 11 is 1.42. The fraction of sp³-hybridized carbons (Fsp3) is 0.316. The van der Waals surface area contributed by atoms with E-state index in [-0.39, 0.29) is 5.56 Å². The molecule has 0 radical (unpaired) electrons. The first-order chi connectivity index (χ1) is 12.5. The van der Waals surface area contributed by atoms with Gasteiger partial charge >= 0.3 is 5.97 Å². The van der Waals surface area contributed by atoms with E-state index in [1.54, 1.807) is 14.0 Å². The summed E-state index contributed by atoms with van der Waals surface area (Å²) in [7, 11) is 2.93. The number of aryl methyl sites for hydroxylation is 1. The minimum atomic E-state index is -0.687. The molecule has 0 aliphatic carbocycles. The van der Waals surface area contributed by atoms with Gasteiger partial charge in [0.15, 0.2) is 0 Å². The highest BCUT2D eigenvalue weighted by Crippen LogP contribution is 2.32. The molecule has 6 nitrogen and oxygen atoms in total. The Bertz CT molecular complexity index is 1000. The van der Waals surface area contributed by atoms with Gasteiger partial charge in [0.2, 0.25) is 0 Å². The van der Waals surface area contributed by atoms with Gasteiger partial charge in [-0.1, -0.05) is 19.1 Å². The number of rotatable bonds is 5. The number of fused-ring (bicyclic) bond motifs is 1. The van der Waals surface area contributed by atoms with E-state index in [0.29, 0.717) is 22.5 Å². The predicted molar refractivity (Wildman–Crippen MR) is 102 cm³/mol. The third-order valence-electron chi connectivity index (χ3n) is 4.39. The monoisotopic (exact) mass is 372 g/mol. The zero-order valence-electron chi connectivity index (χ0n) is 15.1. The van der Waals surface area contributed by atoms with E-state index in [0.717, 1.165) is 16.9 Å². The number of benzene rings is 1. The van der Waals surface area contributed by atoms with Crippen molar-refractivity contribution in [3.8, 4) is 16.9 Å². The van der Waals surface area contributed by atoms with Gasteiger partial charge in [0.25, 0.3) is 5.56 Å². The molecule has 0 N–H and O–H groups in total. The van der Waals surface area contributed by atoms with Crippen LogP contribution in [0.15, 0.2) is 34.4 Å². The highest BCUT2D eigenvalue weighted by atomic mass is 32.1. The smallest absolute Gasteiger partial charge is 0.329 e. The average molecular weight is 372 g/mol. The summed E-state index contributed by atoms with van der Waals surface area (Å²) in [5, 5.41) is 2.44. The Hall–Kier alpha value is -2.67. The van der Waals surface area contributed by atoms with Gasteiger partial charge in [-0.15, -0.1) is 11.3 Å². The molecular formula is C19H20N2O4S. The normalized spacial score (nSPS) is 12.2. The Labute approximate surface area is 155 Å². The molecule has 1 unspecified atom stereocenters. The van der Waals surface area contributed by atoms with Crippen LogP contribution in [-0.2, 0) is 9.53 Å². The quantitative estimate of drug-likeness (QED) is 0.641. The summed E-state index contributed by atoms with van der Waals surface area (Å²) in [5.41, 5.74) is 1.48. The first kappa shape index (κ1) is 18.1. The van der Waals surface area contributed by atoms with Crippen molar-refractivity contribution in [1.29, 1.82) is 0 Å². The molecule has 0 fully saturated rings. The Morgan fingerprint density at radius 2 is 1.96 bits per heavy atom. The van der Waals surface area contributed by atoms with Crippen molar-refractivity contribution in [2.45, 2.75) is 26.3 Å². The second-order valence-electron chi connectivity index (χ2n) is 5.84. The number of nitrogens with zero attached hydrogens (tertiary/aromatic N) is 2. The molecule has 0 aliphatic heterocycles. The van der Waals surface area contributed by atoms with E-state index in [4.69, 9.17) is 9.47 Å². The van der Waals surface area contributed by atoms with Gasteiger partial charge in [0.1, 0.15) is 22.4 Å². The van der Waals surface area contributed by atoms with Crippen LogP contribution < -0.4 is 10.3 Å². The maximum Gasteiger partial charge on any atom is 0.329 e. The number of esters is 1. The van der Waals surface area contributed by atoms with Gasteiger partial charge in [-0.25, -0.2) is 9.78 Å². The molecule has 7 heteroatoms. The minimum absolute atomic E-state index is 0.225. The van der Waals surface area contributed by atoms with Crippen molar-refractivity contribution in [2.24, 2.45) is 0 Å². The molecule has 26 heavy (non-hydrogen) atoms. The van der Waals surface area contributed by atoms with Crippen molar-refractivity contribution in [3.05, 3.63) is 45.8 Å². The van der Waals surface area contributed by atoms with E-state index in [1.165, 1.54) is 23.0 Å². The van der Waals surface area contributed by atoms with Gasteiger partial charge < -0.3 is 9.47 Å². The van der Waals surface area contributed by atoms with Crippen LogP contribution in [0.25, 0.3) is 21.3 Å². The molecule has 3 rings (SSSR count). The molecule has 0 bridgehead atoms. The van der Waals surface area contributed by atoms with E-state index in [1.807, 2.05) is 36.6 Å². The van der Waals surface area contributed by atoms with Crippen molar-refractivity contribution in [3.63, 3.8) is 0 Å². The number of thiophene rings is 1. The van der Waals surface area contributed by atoms with Crippen LogP contribution >= 0.6 is 11.3 Å². The number of aromatic nitrogens is 2. The van der Waals surface area contributed by atoms with Crippen molar-refractivity contribution in [1.82, 2.24) is 9.55 Å². The summed E-state index contributed by atoms with van der Waals surface area (Å²) in [5.74, 6) is 0.805. The maximum atomic E-state index is 13.2. The minimum Gasteiger partial charge on any atom is -0.497 e. The number of carbonyl (C=O) groups is 1. The van der Waals surface area contributed by atoms with Crippen LogP contribution in [0.2, 0.25) is 0 Å². The summed E-state index contributed by atoms with van der Waals surface area (Å²) in [4.78, 5) is 30.6. The average Bonchev–Trinajstić information content (AvgIpc) is 3.08. The number of hydrogen-bond donors (Lipinski definition) is 0. The Balaban J connectivity index is 2.23. The molecule has 2 heterocycles. The molecule has 0 saturated heterocycles. The summed E-state index contributed by atoms with van der Waals surface area (Å²) in [6.45, 7) is 3.58. The third-order valence-corrected chi connectivity index (χ3v) is 5.26. The lowest BCUT2D eigenvalue weighted by Gasteiger charge is -2.18. The molecule has 2 aromatic heterocycles. The zero-order chi connectivity index (χ0) is 18.8. The first-order valence-electron chi connectivity index (χ1n) is 8.24. The third kappa shape index (κ3) is 2.99. The molecule has 0 aliphatic rings. The SMILES string of the molecule is CCC(C(=O)OC)n1c(C)nc2scc(-c3ccc(OC)cc3)c2c1=O.